The number of aryl methyl sites for hydroxylation is 2. The monoisotopic (exact) mass is 643 g/mol. The lowest BCUT2D eigenvalue weighted by Gasteiger charge is -2.32. The predicted molar refractivity (Wildman–Crippen MR) is 166 cm³/mol. The molecule has 0 aliphatic heterocycles. The lowest BCUT2D eigenvalue weighted by molar-refractivity contribution is -0.139. The van der Waals surface area contributed by atoms with Crippen molar-refractivity contribution in [2.45, 2.75) is 58.0 Å². The molecule has 220 valence electrons. The molecule has 2 amide bonds. The van der Waals surface area contributed by atoms with Crippen molar-refractivity contribution >= 4 is 43.5 Å². The van der Waals surface area contributed by atoms with E-state index >= 15 is 0 Å². The van der Waals surface area contributed by atoms with E-state index < -0.39 is 28.5 Å². The number of unbranched alkanes of at least 4 members (excludes halogenated alkanes) is 1. The molecular weight excluding hydrogens is 606 g/mol. The highest BCUT2D eigenvalue weighted by molar-refractivity contribution is 9.10. The van der Waals surface area contributed by atoms with Crippen molar-refractivity contribution in [2.24, 2.45) is 0 Å². The Kier molecular flexibility index (Phi) is 11.4. The van der Waals surface area contributed by atoms with Crippen molar-refractivity contribution in [3.8, 4) is 5.75 Å². The quantitative estimate of drug-likeness (QED) is 0.245. The summed E-state index contributed by atoms with van der Waals surface area (Å²) in [5.74, 6) is -0.308. The number of amides is 2. The molecule has 3 rings (SSSR count). The van der Waals surface area contributed by atoms with Crippen LogP contribution in [-0.4, -0.2) is 51.4 Å². The molecule has 0 saturated heterocycles. The van der Waals surface area contributed by atoms with E-state index in [0.717, 1.165) is 33.8 Å². The molecule has 10 heteroatoms. The number of methoxy groups -OCH3 is 1. The number of nitrogens with one attached hydrogen (secondary N) is 1. The van der Waals surface area contributed by atoms with E-state index in [2.05, 4.69) is 21.2 Å². The average molecular weight is 645 g/mol. The molecule has 41 heavy (non-hydrogen) atoms. The number of halogens is 1. The third-order valence-electron chi connectivity index (χ3n) is 6.78. The first-order valence-electron chi connectivity index (χ1n) is 13.5. The Morgan fingerprint density at radius 2 is 1.59 bits per heavy atom. The van der Waals surface area contributed by atoms with Crippen LogP contribution < -0.4 is 14.4 Å². The van der Waals surface area contributed by atoms with Gasteiger partial charge in [0.1, 0.15) is 18.3 Å². The van der Waals surface area contributed by atoms with Crippen LogP contribution >= 0.6 is 15.9 Å². The first-order valence-corrected chi connectivity index (χ1v) is 15.8. The fourth-order valence-electron chi connectivity index (χ4n) is 4.18. The van der Waals surface area contributed by atoms with Crippen molar-refractivity contribution in [3.05, 3.63) is 87.9 Å². The van der Waals surface area contributed by atoms with Crippen molar-refractivity contribution in [1.82, 2.24) is 10.2 Å². The van der Waals surface area contributed by atoms with Crippen LogP contribution in [0.2, 0.25) is 0 Å². The van der Waals surface area contributed by atoms with Gasteiger partial charge in [-0.2, -0.15) is 0 Å². The molecule has 1 unspecified atom stereocenters. The summed E-state index contributed by atoms with van der Waals surface area (Å²) in [6.45, 7) is 7.73. The van der Waals surface area contributed by atoms with Crippen molar-refractivity contribution in [3.63, 3.8) is 0 Å². The summed E-state index contributed by atoms with van der Waals surface area (Å²) in [6, 6.07) is 18.2. The molecule has 0 heterocycles. The van der Waals surface area contributed by atoms with Crippen LogP contribution in [0, 0.1) is 13.8 Å². The van der Waals surface area contributed by atoms with Gasteiger partial charge >= 0.3 is 0 Å². The molecule has 8 nitrogen and oxygen atoms in total. The fraction of sp³-hybridized carbons (Fsp3) is 0.355. The molecule has 0 bridgehead atoms. The third kappa shape index (κ3) is 8.33. The molecule has 0 aliphatic carbocycles. The largest absolute Gasteiger partial charge is 0.496 e. The molecule has 0 radical (unpaired) electrons. The smallest absolute Gasteiger partial charge is 0.264 e. The molecule has 3 aromatic carbocycles. The second-order valence-electron chi connectivity index (χ2n) is 9.97. The van der Waals surface area contributed by atoms with E-state index in [0.29, 0.717) is 22.5 Å². The summed E-state index contributed by atoms with van der Waals surface area (Å²) in [6.07, 6.45) is 1.74. The van der Waals surface area contributed by atoms with Gasteiger partial charge in [-0.25, -0.2) is 8.42 Å². The predicted octanol–water partition coefficient (Wildman–Crippen LogP) is 5.60. The van der Waals surface area contributed by atoms with Crippen molar-refractivity contribution in [1.29, 1.82) is 0 Å². The number of hydrogen-bond donors (Lipinski definition) is 1. The molecule has 0 aliphatic rings. The summed E-state index contributed by atoms with van der Waals surface area (Å²) >= 11 is 3.36. The Morgan fingerprint density at radius 1 is 0.976 bits per heavy atom. The molecule has 1 N–H and O–H groups in total. The summed E-state index contributed by atoms with van der Waals surface area (Å²) < 4.78 is 34.8. The van der Waals surface area contributed by atoms with E-state index in [-0.39, 0.29) is 17.3 Å². The fourth-order valence-corrected chi connectivity index (χ4v) is 6.32. The van der Waals surface area contributed by atoms with Crippen LogP contribution in [-0.2, 0) is 26.2 Å². The standard InChI is InChI=1S/C31H38BrN3O5S/c1-6-7-18-33-31(37)24(4)34(20-25-12-8-22(2)9-13-25)30(36)21-35(26-14-10-23(3)11-15-26)41(38,39)27-16-17-29(40-5)28(32)19-27/h8-17,19,24H,6-7,18,20-21H2,1-5H3,(H,33,37). The van der Waals surface area contributed by atoms with Gasteiger partial charge in [0, 0.05) is 13.1 Å². The Labute approximate surface area is 251 Å². The van der Waals surface area contributed by atoms with Gasteiger partial charge < -0.3 is 15.0 Å². The van der Waals surface area contributed by atoms with Crippen molar-refractivity contribution < 1.29 is 22.7 Å². The summed E-state index contributed by atoms with van der Waals surface area (Å²) in [7, 11) is -2.69. The van der Waals surface area contributed by atoms with Gasteiger partial charge in [0.05, 0.1) is 22.2 Å². The Morgan fingerprint density at radius 3 is 2.15 bits per heavy atom. The van der Waals surface area contributed by atoms with Crippen LogP contribution in [0.1, 0.15) is 43.4 Å². The number of sulfonamides is 1. The minimum absolute atomic E-state index is 0.00556. The topological polar surface area (TPSA) is 96.0 Å². The minimum Gasteiger partial charge on any atom is -0.496 e. The number of nitrogens with zero attached hydrogens (tertiary/aromatic N) is 2. The Balaban J connectivity index is 2.01. The summed E-state index contributed by atoms with van der Waals surface area (Å²) in [4.78, 5) is 28.5. The highest BCUT2D eigenvalue weighted by atomic mass is 79.9. The zero-order valence-electron chi connectivity index (χ0n) is 24.2. The maximum atomic E-state index is 14.0. The summed E-state index contributed by atoms with van der Waals surface area (Å²) in [5.41, 5.74) is 3.19. The molecule has 3 aromatic rings. The molecule has 0 saturated carbocycles. The zero-order chi connectivity index (χ0) is 30.2. The second-order valence-corrected chi connectivity index (χ2v) is 12.7. The minimum atomic E-state index is -4.19. The maximum Gasteiger partial charge on any atom is 0.264 e. The highest BCUT2D eigenvalue weighted by Crippen LogP contribution is 2.31. The number of anilines is 1. The van der Waals surface area contributed by atoms with Gasteiger partial charge in [-0.15, -0.1) is 0 Å². The van der Waals surface area contributed by atoms with Crippen LogP contribution in [0.3, 0.4) is 0 Å². The SMILES string of the molecule is CCCCNC(=O)C(C)N(Cc1ccc(C)cc1)C(=O)CN(c1ccc(C)cc1)S(=O)(=O)c1ccc(OC)c(Br)c1. The first-order chi connectivity index (χ1) is 19.5. The molecule has 1 atom stereocenters. The zero-order valence-corrected chi connectivity index (χ0v) is 26.6. The van der Waals surface area contributed by atoms with E-state index in [1.54, 1.807) is 37.3 Å². The van der Waals surface area contributed by atoms with E-state index in [4.69, 9.17) is 4.74 Å². The molecular formula is C31H38BrN3O5S. The maximum absolute atomic E-state index is 14.0. The van der Waals surface area contributed by atoms with E-state index in [1.807, 2.05) is 45.0 Å². The van der Waals surface area contributed by atoms with Crippen LogP contribution in [0.5, 0.6) is 5.75 Å². The van der Waals surface area contributed by atoms with E-state index in [1.165, 1.54) is 24.1 Å². The van der Waals surface area contributed by atoms with E-state index in [9.17, 15) is 18.0 Å². The van der Waals surface area contributed by atoms with Gasteiger partial charge in [-0.3, -0.25) is 13.9 Å². The van der Waals surface area contributed by atoms with Gasteiger partial charge in [0.25, 0.3) is 10.0 Å². The first kappa shape index (κ1) is 32.1. The number of benzene rings is 3. The highest BCUT2D eigenvalue weighted by Gasteiger charge is 2.32. The molecule has 0 aromatic heterocycles. The van der Waals surface area contributed by atoms with Gasteiger partial charge in [-0.05, 0) is 79.0 Å². The number of hydrogen-bond acceptors (Lipinski definition) is 5. The van der Waals surface area contributed by atoms with Gasteiger partial charge in [0.15, 0.2) is 0 Å². The van der Waals surface area contributed by atoms with Crippen LogP contribution in [0.25, 0.3) is 0 Å². The summed E-state index contributed by atoms with van der Waals surface area (Å²) in [5, 5.41) is 2.90. The molecule has 0 spiro atoms. The normalized spacial score (nSPS) is 12.0. The van der Waals surface area contributed by atoms with Gasteiger partial charge in [0.2, 0.25) is 11.8 Å². The van der Waals surface area contributed by atoms with Gasteiger partial charge in [-0.1, -0.05) is 60.9 Å². The lowest BCUT2D eigenvalue weighted by Crippen LogP contribution is -2.51. The van der Waals surface area contributed by atoms with Crippen LogP contribution in [0.15, 0.2) is 76.1 Å². The lowest BCUT2D eigenvalue weighted by atomic mass is 10.1. The second kappa shape index (κ2) is 14.5. The number of rotatable bonds is 13. The number of ether oxygens (including phenoxy) is 1. The average Bonchev–Trinajstić information content (AvgIpc) is 2.95. The Hall–Kier alpha value is -3.37. The third-order valence-corrected chi connectivity index (χ3v) is 9.17. The number of carbonyl (C=O) groups excluding carboxylic acids is 2. The van der Waals surface area contributed by atoms with Crippen LogP contribution in [0.4, 0.5) is 5.69 Å². The Bertz CT molecular complexity index is 1440. The molecule has 0 fully saturated rings. The number of carbonyl (C=O) groups is 2. The van der Waals surface area contributed by atoms with Crippen molar-refractivity contribution in [2.75, 3.05) is 24.5 Å².